The van der Waals surface area contributed by atoms with Crippen molar-refractivity contribution in [2.24, 2.45) is 0 Å². The molecule has 5 atom stereocenters. The van der Waals surface area contributed by atoms with Crippen LogP contribution >= 0.6 is 15.6 Å². The zero-order valence-corrected chi connectivity index (χ0v) is 67.6. The molecule has 0 fully saturated rings. The van der Waals surface area contributed by atoms with Crippen LogP contribution in [0.4, 0.5) is 0 Å². The second kappa shape index (κ2) is 77.6. The summed E-state index contributed by atoms with van der Waals surface area (Å²) in [7, 11) is -9.99. The average molecular weight is 1520 g/mol. The van der Waals surface area contributed by atoms with Crippen LogP contribution in [0.25, 0.3) is 0 Å². The summed E-state index contributed by atoms with van der Waals surface area (Å²) in [5, 5.41) is 10.6. The number of allylic oxidation sites excluding steroid dienone is 28. The monoisotopic (exact) mass is 1520 g/mol. The van der Waals surface area contributed by atoms with E-state index in [0.29, 0.717) is 25.7 Å². The van der Waals surface area contributed by atoms with Crippen molar-refractivity contribution in [2.75, 3.05) is 39.6 Å². The van der Waals surface area contributed by atoms with Gasteiger partial charge in [0.2, 0.25) is 0 Å². The Labute approximate surface area is 642 Å². The van der Waals surface area contributed by atoms with Crippen molar-refractivity contribution in [2.45, 2.75) is 316 Å². The summed E-state index contributed by atoms with van der Waals surface area (Å²) in [6.45, 7) is 4.37. The summed E-state index contributed by atoms with van der Waals surface area (Å²) in [5.74, 6) is -2.27. The number of carbonyl (C=O) groups excluding carboxylic acids is 4. The predicted molar refractivity (Wildman–Crippen MR) is 436 cm³/mol. The molecule has 602 valence electrons. The van der Waals surface area contributed by atoms with Gasteiger partial charge in [-0.1, -0.05) is 275 Å². The van der Waals surface area contributed by atoms with Crippen molar-refractivity contribution in [3.05, 3.63) is 170 Å². The first kappa shape index (κ1) is 100. The van der Waals surface area contributed by atoms with Gasteiger partial charge in [0, 0.05) is 25.7 Å². The van der Waals surface area contributed by atoms with Crippen molar-refractivity contribution in [3.63, 3.8) is 0 Å². The number of aliphatic hydroxyl groups excluding tert-OH is 1. The second-order valence-electron chi connectivity index (χ2n) is 26.2. The summed E-state index contributed by atoms with van der Waals surface area (Å²) in [4.78, 5) is 73.1. The summed E-state index contributed by atoms with van der Waals surface area (Å²) >= 11 is 0. The van der Waals surface area contributed by atoms with E-state index in [4.69, 9.17) is 37.0 Å². The molecule has 0 rings (SSSR count). The number of hydrogen-bond donors (Lipinski definition) is 3. The van der Waals surface area contributed by atoms with Gasteiger partial charge in [-0.3, -0.25) is 37.3 Å². The largest absolute Gasteiger partial charge is 0.472 e. The third kappa shape index (κ3) is 76.6. The Balaban J connectivity index is 5.42. The summed E-state index contributed by atoms with van der Waals surface area (Å²) in [6.07, 6.45) is 91.8. The van der Waals surface area contributed by atoms with E-state index < -0.39 is 97.5 Å². The molecular formula is C87H142O17P2. The third-order valence-corrected chi connectivity index (χ3v) is 18.0. The molecule has 0 aliphatic carbocycles. The fourth-order valence-corrected chi connectivity index (χ4v) is 11.7. The number of ether oxygens (including phenoxy) is 4. The van der Waals surface area contributed by atoms with E-state index in [1.165, 1.54) is 0 Å². The van der Waals surface area contributed by atoms with Crippen LogP contribution in [-0.2, 0) is 65.4 Å². The molecule has 0 bridgehead atoms. The van der Waals surface area contributed by atoms with Crippen molar-refractivity contribution in [3.8, 4) is 0 Å². The minimum absolute atomic E-state index is 0.0615. The number of rotatable bonds is 74. The zero-order chi connectivity index (χ0) is 77.4. The molecule has 0 aliphatic heterocycles. The highest BCUT2D eigenvalue weighted by atomic mass is 31.2. The highest BCUT2D eigenvalue weighted by Crippen LogP contribution is 2.45. The number of phosphoric ester groups is 2. The Morgan fingerprint density at radius 1 is 0.274 bits per heavy atom. The van der Waals surface area contributed by atoms with E-state index in [1.54, 1.807) is 0 Å². The topological polar surface area (TPSA) is 237 Å². The number of hydrogen-bond acceptors (Lipinski definition) is 15. The lowest BCUT2D eigenvalue weighted by Gasteiger charge is -2.21. The predicted octanol–water partition coefficient (Wildman–Crippen LogP) is 23.8. The first-order valence-corrected chi connectivity index (χ1v) is 43.4. The van der Waals surface area contributed by atoms with Crippen LogP contribution in [0.5, 0.6) is 0 Å². The Hall–Kier alpha value is -5.58. The minimum atomic E-state index is -5.00. The van der Waals surface area contributed by atoms with Crippen LogP contribution in [0.3, 0.4) is 0 Å². The Morgan fingerprint density at radius 2 is 0.491 bits per heavy atom. The first-order chi connectivity index (χ1) is 51.7. The van der Waals surface area contributed by atoms with Crippen molar-refractivity contribution >= 4 is 39.5 Å². The van der Waals surface area contributed by atoms with Gasteiger partial charge in [0.25, 0.3) is 0 Å². The fraction of sp³-hybridized carbons (Fsp3) is 0.632. The molecule has 5 unspecified atom stereocenters. The Kier molecular flexibility index (Phi) is 73.5. The molecule has 17 nitrogen and oxygen atoms in total. The quantitative estimate of drug-likeness (QED) is 0.0169. The zero-order valence-electron chi connectivity index (χ0n) is 65.8. The SMILES string of the molecule is CC/C=C\C/C=C\C/C=C\C/C=C\C/C=C\CCCCCC(=O)OCC(COP(=O)(O)OCC(O)COP(=O)(O)OCC(COC(=O)CCCCCCCC/C=C\C/C=C\C/C=C\C/C=C\CC)OC(=O)CCCCCCC/C=C\C/C=C\CCC)OC(=O)CCCCCCC/C=C\C/C=C\C/C=C\CC. The number of phosphoric acid groups is 2. The van der Waals surface area contributed by atoms with Crippen LogP contribution in [0.15, 0.2) is 170 Å². The van der Waals surface area contributed by atoms with Gasteiger partial charge in [-0.2, -0.15) is 0 Å². The molecule has 0 aromatic rings. The van der Waals surface area contributed by atoms with E-state index >= 15 is 0 Å². The molecule has 0 saturated carbocycles. The van der Waals surface area contributed by atoms with Crippen molar-refractivity contribution in [1.82, 2.24) is 0 Å². The molecule has 0 aliphatic rings. The fourth-order valence-electron chi connectivity index (χ4n) is 10.1. The van der Waals surface area contributed by atoms with Crippen LogP contribution in [0.2, 0.25) is 0 Å². The van der Waals surface area contributed by atoms with Gasteiger partial charge in [-0.05, 0) is 167 Å². The van der Waals surface area contributed by atoms with Crippen LogP contribution in [0, 0.1) is 0 Å². The van der Waals surface area contributed by atoms with Crippen LogP contribution < -0.4 is 0 Å². The highest BCUT2D eigenvalue weighted by Gasteiger charge is 2.30. The van der Waals surface area contributed by atoms with Gasteiger partial charge < -0.3 is 33.8 Å². The number of carbonyl (C=O) groups is 4. The van der Waals surface area contributed by atoms with Gasteiger partial charge in [-0.25, -0.2) is 9.13 Å². The molecular weight excluding hydrogens is 1380 g/mol. The van der Waals surface area contributed by atoms with Crippen LogP contribution in [-0.4, -0.2) is 96.7 Å². The van der Waals surface area contributed by atoms with E-state index in [-0.39, 0.29) is 25.7 Å². The van der Waals surface area contributed by atoms with Gasteiger partial charge in [0.15, 0.2) is 12.2 Å². The molecule has 19 heteroatoms. The van der Waals surface area contributed by atoms with Crippen molar-refractivity contribution in [1.29, 1.82) is 0 Å². The molecule has 0 aromatic carbocycles. The lowest BCUT2D eigenvalue weighted by molar-refractivity contribution is -0.161. The van der Waals surface area contributed by atoms with Crippen LogP contribution in [0.1, 0.15) is 297 Å². The molecule has 0 heterocycles. The van der Waals surface area contributed by atoms with Gasteiger partial charge >= 0.3 is 39.5 Å². The molecule has 0 spiro atoms. The molecule has 0 saturated heterocycles. The molecule has 0 amide bonds. The molecule has 106 heavy (non-hydrogen) atoms. The summed E-state index contributed by atoms with van der Waals surface area (Å²) in [5.41, 5.74) is 0. The third-order valence-electron chi connectivity index (χ3n) is 16.1. The lowest BCUT2D eigenvalue weighted by atomic mass is 10.1. The Bertz CT molecular complexity index is 2680. The maximum Gasteiger partial charge on any atom is 0.472 e. The number of esters is 4. The molecule has 0 radical (unpaired) electrons. The number of aliphatic hydroxyl groups is 1. The smallest absolute Gasteiger partial charge is 0.462 e. The van der Waals surface area contributed by atoms with E-state index in [0.717, 1.165) is 218 Å². The highest BCUT2D eigenvalue weighted by molar-refractivity contribution is 7.47. The summed E-state index contributed by atoms with van der Waals surface area (Å²) < 4.78 is 68.6. The molecule has 3 N–H and O–H groups in total. The van der Waals surface area contributed by atoms with Gasteiger partial charge in [0.1, 0.15) is 19.3 Å². The van der Waals surface area contributed by atoms with Crippen molar-refractivity contribution < 1.29 is 80.2 Å². The maximum absolute atomic E-state index is 13.1. The normalized spacial score (nSPS) is 14.7. The maximum atomic E-state index is 13.1. The van der Waals surface area contributed by atoms with Gasteiger partial charge in [-0.15, -0.1) is 0 Å². The van der Waals surface area contributed by atoms with E-state index in [2.05, 4.69) is 198 Å². The second-order valence-corrected chi connectivity index (χ2v) is 29.1. The van der Waals surface area contributed by atoms with E-state index in [1.807, 2.05) is 0 Å². The first-order valence-electron chi connectivity index (χ1n) is 40.4. The molecule has 0 aromatic heterocycles. The lowest BCUT2D eigenvalue weighted by Crippen LogP contribution is -2.30. The number of unbranched alkanes of at least 4 members (excludes halogenated alkanes) is 20. The standard InChI is InChI=1S/C87H142O17P2/c1-5-9-13-17-21-25-29-33-36-38-40-42-45-48-51-55-59-63-67-71-84(89)97-77-82(103-86(91)73-69-65-61-57-53-47-32-28-24-20-16-12-8-4)79-101-105(93,94)99-75-81(88)76-100-106(95,96)102-80-83(104-87(92)74-70-66-62-58-54-50-44-35-31-27-23-19-15-11-7-3)78-98-85(90)72-68-64-60-56-52-49-46-43-41-39-37-34-30-26-22-18-14-10-6-2/h9-11,13-16,20-23,25-28,32-37,40-44,49,52,81-83,88H,5-8,12,17-19,24,29-31,38-39,45-48,50-51,53-80H2,1-4H3,(H,93,94)(H,95,96)/b13-9-,14-10-,15-11-,20-16-,25-21-,26-22-,27-23-,32-28-,36-33-,37-34-,42-40-,43-41-,44-35-,52-49-. The average Bonchev–Trinajstić information content (AvgIpc) is 0.933. The van der Waals surface area contributed by atoms with E-state index in [9.17, 15) is 43.2 Å². The summed E-state index contributed by atoms with van der Waals surface area (Å²) in [6, 6.07) is 0. The Morgan fingerprint density at radius 3 is 0.764 bits per heavy atom. The minimum Gasteiger partial charge on any atom is -0.462 e. The van der Waals surface area contributed by atoms with Gasteiger partial charge in [0.05, 0.1) is 26.4 Å².